The molecule has 0 aromatic carbocycles. The number of aliphatic carboxylic acids is 4. The molecular formula is C8H16BLiO11. The van der Waals surface area contributed by atoms with E-state index in [1.54, 1.807) is 0 Å². The Morgan fingerprint density at radius 2 is 0.714 bits per heavy atom. The second kappa shape index (κ2) is 18.4. The fraction of sp³-hybridized carbons (Fsp3) is 0.500. The molecule has 0 aromatic rings. The van der Waals surface area contributed by atoms with Gasteiger partial charge < -0.3 is 36.9 Å². The molecule has 11 nitrogen and oxygen atoms in total. The molecule has 0 saturated heterocycles. The zero-order valence-corrected chi connectivity index (χ0v) is 11.2. The molecule has 0 unspecified atom stereocenters. The first kappa shape index (κ1) is 27.7. The second-order valence-corrected chi connectivity index (χ2v) is 2.92. The molecule has 13 heteroatoms. The van der Waals surface area contributed by atoms with Gasteiger partial charge in [0.15, 0.2) is 0 Å². The summed E-state index contributed by atoms with van der Waals surface area (Å²) in [5.74, 6) is -4.31. The largest absolute Gasteiger partial charge is 1.00 e. The van der Waals surface area contributed by atoms with Crippen molar-refractivity contribution in [3.05, 3.63) is 0 Å². The van der Waals surface area contributed by atoms with Crippen LogP contribution in [0.3, 0.4) is 0 Å². The minimum atomic E-state index is -2.17. The van der Waals surface area contributed by atoms with Crippen molar-refractivity contribution in [1.82, 2.24) is 0 Å². The maximum Gasteiger partial charge on any atom is 1.00 e. The van der Waals surface area contributed by atoms with Crippen molar-refractivity contribution in [2.45, 2.75) is 25.7 Å². The van der Waals surface area contributed by atoms with Gasteiger partial charge >= 0.3 is 50.1 Å². The molecule has 118 valence electrons. The van der Waals surface area contributed by atoms with Crippen molar-refractivity contribution in [2.75, 3.05) is 0 Å². The number of hydrogen-bond donors (Lipinski definition) is 7. The van der Waals surface area contributed by atoms with Crippen molar-refractivity contribution in [2.24, 2.45) is 0 Å². The molecule has 7 N–H and O–H groups in total. The summed E-state index contributed by atoms with van der Waals surface area (Å²) in [6.07, 6.45) is -1.19. The summed E-state index contributed by atoms with van der Waals surface area (Å²) in [6, 6.07) is 0. The van der Waals surface area contributed by atoms with E-state index in [2.05, 4.69) is 0 Å². The van der Waals surface area contributed by atoms with Gasteiger partial charge in [0.1, 0.15) is 0 Å². The molecule has 21 heavy (non-hydrogen) atoms. The van der Waals surface area contributed by atoms with Gasteiger partial charge in [0.25, 0.3) is 0 Å². The first-order chi connectivity index (χ1) is 8.98. The van der Waals surface area contributed by atoms with Gasteiger partial charge in [-0.2, -0.15) is 0 Å². The van der Waals surface area contributed by atoms with Gasteiger partial charge in [-0.1, -0.05) is 0 Å². The molecule has 0 fully saturated rings. The molecule has 0 amide bonds. The number of carboxylic acids is 4. The van der Waals surface area contributed by atoms with Gasteiger partial charge in [-0.15, -0.1) is 0 Å². The Hall–Kier alpha value is -1.58. The van der Waals surface area contributed by atoms with Crippen molar-refractivity contribution < 1.29 is 75.0 Å². The Balaban J connectivity index is -0.0000000661. The van der Waals surface area contributed by atoms with Gasteiger partial charge in [0.2, 0.25) is 0 Å². The standard InChI is InChI=1S/2C4H6O4.BH3O3.Li.H/c2*5-3(6)1-2-4(7)8;2-1(3)4;;/h2*1-2H2,(H,5,6)(H,7,8);2-4H;;/q;;;+1;-1. The van der Waals surface area contributed by atoms with Crippen LogP contribution in [-0.4, -0.2) is 66.7 Å². The first-order valence-corrected chi connectivity index (χ1v) is 4.90. The van der Waals surface area contributed by atoms with Crippen molar-refractivity contribution in [3.8, 4) is 0 Å². The molecule has 0 bridgehead atoms. The van der Waals surface area contributed by atoms with Crippen LogP contribution in [0, 0.1) is 0 Å². The number of hydrogen-bond acceptors (Lipinski definition) is 7. The van der Waals surface area contributed by atoms with E-state index < -0.39 is 31.2 Å². The molecule has 0 atom stereocenters. The molecule has 0 saturated carbocycles. The summed E-state index contributed by atoms with van der Waals surface area (Å²) in [5, 5.41) is 53.1. The molecule has 0 spiro atoms. The van der Waals surface area contributed by atoms with E-state index in [1.807, 2.05) is 0 Å². The fourth-order valence-corrected chi connectivity index (χ4v) is 0.428. The monoisotopic (exact) mass is 306 g/mol. The van der Waals surface area contributed by atoms with Crippen LogP contribution in [0.4, 0.5) is 0 Å². The van der Waals surface area contributed by atoms with Crippen LogP contribution in [0.5, 0.6) is 0 Å². The predicted molar refractivity (Wildman–Crippen MR) is 62.5 cm³/mol. The number of carbonyl (C=O) groups is 4. The van der Waals surface area contributed by atoms with Crippen LogP contribution in [0.2, 0.25) is 0 Å². The SMILES string of the molecule is O=C(O)CCC(=O)O.O=C(O)CCC(=O)O.OB(O)O.[H-].[Li+]. The molecule has 0 heterocycles. The second-order valence-electron chi connectivity index (χ2n) is 2.92. The number of carboxylic acid groups (broad SMARTS) is 4. The Bertz CT molecular complexity index is 266. The van der Waals surface area contributed by atoms with Crippen LogP contribution in [0.25, 0.3) is 0 Å². The smallest absolute Gasteiger partial charge is 1.00 e. The van der Waals surface area contributed by atoms with Gasteiger partial charge in [0, 0.05) is 0 Å². The van der Waals surface area contributed by atoms with E-state index in [-0.39, 0.29) is 46.0 Å². The normalized spacial score (nSPS) is 7.76. The summed E-state index contributed by atoms with van der Waals surface area (Å²) in [7, 11) is -2.17. The van der Waals surface area contributed by atoms with Crippen LogP contribution in [0.1, 0.15) is 27.1 Å². The average Bonchev–Trinajstić information content (AvgIpc) is 2.23. The predicted octanol–water partition coefficient (Wildman–Crippen LogP) is -5.06. The Morgan fingerprint density at radius 3 is 0.762 bits per heavy atom. The van der Waals surface area contributed by atoms with Crippen LogP contribution in [0.15, 0.2) is 0 Å². The Kier molecular flexibility index (Phi) is 24.3. The van der Waals surface area contributed by atoms with E-state index in [0.29, 0.717) is 0 Å². The van der Waals surface area contributed by atoms with E-state index >= 15 is 0 Å². The van der Waals surface area contributed by atoms with E-state index in [1.165, 1.54) is 0 Å². The first-order valence-electron chi connectivity index (χ1n) is 4.90. The summed E-state index contributed by atoms with van der Waals surface area (Å²) >= 11 is 0. The molecule has 0 aliphatic carbocycles. The van der Waals surface area contributed by atoms with Gasteiger partial charge in [0.05, 0.1) is 25.7 Å². The Labute approximate surface area is 132 Å². The van der Waals surface area contributed by atoms with Crippen LogP contribution in [-0.2, 0) is 19.2 Å². The van der Waals surface area contributed by atoms with Crippen LogP contribution >= 0.6 is 0 Å². The molecular weight excluding hydrogens is 290 g/mol. The molecule has 0 aromatic heterocycles. The van der Waals surface area contributed by atoms with E-state index in [4.69, 9.17) is 35.5 Å². The van der Waals surface area contributed by atoms with Gasteiger partial charge in [-0.05, 0) is 0 Å². The third-order valence-corrected chi connectivity index (χ3v) is 1.11. The summed E-state index contributed by atoms with van der Waals surface area (Å²) in [6.45, 7) is 0. The van der Waals surface area contributed by atoms with Gasteiger partial charge in [-0.25, -0.2) is 0 Å². The number of rotatable bonds is 6. The van der Waals surface area contributed by atoms with E-state index in [9.17, 15) is 19.2 Å². The maximum absolute atomic E-state index is 9.64. The molecule has 0 rings (SSSR count). The quantitative estimate of drug-likeness (QED) is 0.231. The van der Waals surface area contributed by atoms with E-state index in [0.717, 1.165) is 0 Å². The summed E-state index contributed by atoms with van der Waals surface area (Å²) in [5.41, 5.74) is 0. The third kappa shape index (κ3) is 70.0. The molecule has 0 radical (unpaired) electrons. The maximum atomic E-state index is 9.64. The minimum Gasteiger partial charge on any atom is -1.00 e. The molecule has 0 aliphatic heterocycles. The third-order valence-electron chi connectivity index (χ3n) is 1.11. The van der Waals surface area contributed by atoms with Crippen molar-refractivity contribution in [3.63, 3.8) is 0 Å². The fourth-order valence-electron chi connectivity index (χ4n) is 0.428. The summed E-state index contributed by atoms with van der Waals surface area (Å²) < 4.78 is 0. The van der Waals surface area contributed by atoms with Crippen molar-refractivity contribution in [1.29, 1.82) is 0 Å². The van der Waals surface area contributed by atoms with Gasteiger partial charge in [-0.3, -0.25) is 19.2 Å². The average molecular weight is 306 g/mol. The zero-order valence-electron chi connectivity index (χ0n) is 12.2. The van der Waals surface area contributed by atoms with Crippen LogP contribution < -0.4 is 18.9 Å². The zero-order chi connectivity index (χ0) is 16.7. The summed E-state index contributed by atoms with van der Waals surface area (Å²) in [4.78, 5) is 38.6. The minimum absolute atomic E-state index is 0. The topological polar surface area (TPSA) is 210 Å². The molecule has 0 aliphatic rings. The Morgan fingerprint density at radius 1 is 0.619 bits per heavy atom. The van der Waals surface area contributed by atoms with Crippen molar-refractivity contribution >= 4 is 31.2 Å².